The van der Waals surface area contributed by atoms with Gasteiger partial charge >= 0.3 is 7.60 Å². The number of benzene rings is 2. The zero-order valence-corrected chi connectivity index (χ0v) is 15.9. The molecule has 26 heavy (non-hydrogen) atoms. The highest BCUT2D eigenvalue weighted by atomic mass is 31.2. The van der Waals surface area contributed by atoms with Crippen molar-refractivity contribution in [1.82, 2.24) is 0 Å². The lowest BCUT2D eigenvalue weighted by atomic mass is 10.1. The third kappa shape index (κ3) is 5.70. The number of rotatable bonds is 10. The Hall–Kier alpha value is -2.14. The van der Waals surface area contributed by atoms with E-state index in [9.17, 15) is 9.77 Å². The van der Waals surface area contributed by atoms with E-state index < -0.39 is 7.60 Å². The van der Waals surface area contributed by atoms with Gasteiger partial charge in [0.15, 0.2) is 5.45 Å². The van der Waals surface area contributed by atoms with Crippen molar-refractivity contribution in [3.05, 3.63) is 65.7 Å². The molecule has 0 radical (unpaired) electrons. The topological polar surface area (TPSA) is 77.4 Å². The van der Waals surface area contributed by atoms with Crippen LogP contribution in [-0.4, -0.2) is 23.9 Å². The molecule has 0 atom stereocenters. The largest absolute Gasteiger partial charge is 0.489 e. The molecule has 2 aromatic rings. The van der Waals surface area contributed by atoms with Crippen molar-refractivity contribution >= 4 is 13.0 Å². The average Bonchev–Trinajstić information content (AvgIpc) is 2.66. The molecule has 0 saturated heterocycles. The molecule has 140 valence electrons. The zero-order chi connectivity index (χ0) is 18.8. The molecule has 0 saturated carbocycles. The molecule has 7 heteroatoms. The number of oxime groups is 1. The smallest absolute Gasteiger partial charge is 0.379 e. The van der Waals surface area contributed by atoms with E-state index in [1.165, 1.54) is 0 Å². The van der Waals surface area contributed by atoms with Crippen LogP contribution < -0.4 is 4.74 Å². The molecule has 2 rings (SSSR count). The molecule has 0 aliphatic carbocycles. The Balaban J connectivity index is 2.01. The molecule has 0 aromatic heterocycles. The second kappa shape index (κ2) is 10.1. The summed E-state index contributed by atoms with van der Waals surface area (Å²) in [6.07, 6.45) is 0.159. The zero-order valence-electron chi connectivity index (χ0n) is 15.0. The first kappa shape index (κ1) is 20.2. The molecule has 0 spiro atoms. The van der Waals surface area contributed by atoms with Crippen LogP contribution in [0.2, 0.25) is 0 Å². The summed E-state index contributed by atoms with van der Waals surface area (Å²) < 4.78 is 28.9. The van der Waals surface area contributed by atoms with Crippen LogP contribution in [0.1, 0.15) is 25.0 Å². The van der Waals surface area contributed by atoms with Crippen molar-refractivity contribution in [2.75, 3.05) is 13.2 Å². The van der Waals surface area contributed by atoms with Gasteiger partial charge in [0.1, 0.15) is 12.4 Å². The van der Waals surface area contributed by atoms with Crippen LogP contribution >= 0.6 is 7.60 Å². The van der Waals surface area contributed by atoms with Gasteiger partial charge in [0.25, 0.3) is 0 Å². The molecule has 1 N–H and O–H groups in total. The second-order valence-electron chi connectivity index (χ2n) is 5.44. The highest BCUT2D eigenvalue weighted by Crippen LogP contribution is 2.50. The summed E-state index contributed by atoms with van der Waals surface area (Å²) >= 11 is 0. The number of hydrogen-bond donors (Lipinski definition) is 1. The Morgan fingerprint density at radius 1 is 0.962 bits per heavy atom. The lowest BCUT2D eigenvalue weighted by Crippen LogP contribution is -2.10. The van der Waals surface area contributed by atoms with E-state index in [0.29, 0.717) is 6.61 Å². The fourth-order valence-corrected chi connectivity index (χ4v) is 3.88. The fourth-order valence-electron chi connectivity index (χ4n) is 2.34. The van der Waals surface area contributed by atoms with Gasteiger partial charge in [-0.25, -0.2) is 0 Å². The van der Waals surface area contributed by atoms with Gasteiger partial charge in [-0.15, -0.1) is 0 Å². The first-order valence-corrected chi connectivity index (χ1v) is 10.0. The summed E-state index contributed by atoms with van der Waals surface area (Å²) in [6, 6.07) is 17.2. The third-order valence-corrected chi connectivity index (χ3v) is 5.64. The molecular formula is C19H24NO5P. The predicted octanol–water partition coefficient (Wildman–Crippen LogP) is 4.86. The van der Waals surface area contributed by atoms with E-state index in [-0.39, 0.29) is 25.1 Å². The minimum atomic E-state index is -3.59. The van der Waals surface area contributed by atoms with Gasteiger partial charge in [-0.05, 0) is 37.1 Å². The molecule has 0 bridgehead atoms. The SMILES string of the molecule is CCOP(=O)(OCC)C(Cc1ccc(OCc2ccccc2)cc1)=NO. The molecule has 0 unspecified atom stereocenters. The van der Waals surface area contributed by atoms with Crippen LogP contribution in [0.5, 0.6) is 5.75 Å². The highest BCUT2D eigenvalue weighted by molar-refractivity contribution is 7.72. The Morgan fingerprint density at radius 2 is 1.58 bits per heavy atom. The van der Waals surface area contributed by atoms with Gasteiger partial charge in [0, 0.05) is 6.42 Å². The number of ether oxygens (including phenoxy) is 1. The van der Waals surface area contributed by atoms with Crippen LogP contribution in [0.3, 0.4) is 0 Å². The quantitative estimate of drug-likeness (QED) is 0.277. The van der Waals surface area contributed by atoms with Gasteiger partial charge in [-0.2, -0.15) is 0 Å². The third-order valence-electron chi connectivity index (χ3n) is 3.56. The van der Waals surface area contributed by atoms with E-state index >= 15 is 0 Å². The molecule has 0 heterocycles. The standard InChI is InChI=1S/C19H24NO5P/c1-3-24-26(22,25-4-2)19(20-21)14-16-10-12-18(13-11-16)23-15-17-8-6-5-7-9-17/h5-13,21H,3-4,14-15H2,1-2H3. The summed E-state index contributed by atoms with van der Waals surface area (Å²) in [6.45, 7) is 4.29. The van der Waals surface area contributed by atoms with Crippen LogP contribution in [0.4, 0.5) is 0 Å². The lowest BCUT2D eigenvalue weighted by Gasteiger charge is -2.17. The van der Waals surface area contributed by atoms with Crippen LogP contribution in [-0.2, 0) is 26.6 Å². The van der Waals surface area contributed by atoms with E-state index in [4.69, 9.17) is 13.8 Å². The van der Waals surface area contributed by atoms with Crippen molar-refractivity contribution < 1.29 is 23.6 Å². The summed E-state index contributed by atoms with van der Waals surface area (Å²) in [4.78, 5) is 0. The van der Waals surface area contributed by atoms with Crippen LogP contribution in [0.15, 0.2) is 59.8 Å². The fraction of sp³-hybridized carbons (Fsp3) is 0.316. The van der Waals surface area contributed by atoms with E-state index in [1.54, 1.807) is 13.8 Å². The number of hydrogen-bond acceptors (Lipinski definition) is 6. The van der Waals surface area contributed by atoms with E-state index in [0.717, 1.165) is 16.9 Å². The summed E-state index contributed by atoms with van der Waals surface area (Å²) in [5.74, 6) is 0.720. The van der Waals surface area contributed by atoms with Gasteiger partial charge in [-0.1, -0.05) is 47.6 Å². The normalized spacial score (nSPS) is 12.2. The maximum atomic E-state index is 12.7. The predicted molar refractivity (Wildman–Crippen MR) is 101 cm³/mol. The van der Waals surface area contributed by atoms with Crippen molar-refractivity contribution in [1.29, 1.82) is 0 Å². The summed E-state index contributed by atoms with van der Waals surface area (Å²) in [5, 5.41) is 12.4. The maximum Gasteiger partial charge on any atom is 0.379 e. The monoisotopic (exact) mass is 377 g/mol. The van der Waals surface area contributed by atoms with Gasteiger partial charge < -0.3 is 19.0 Å². The van der Waals surface area contributed by atoms with Gasteiger partial charge in [0.2, 0.25) is 0 Å². The van der Waals surface area contributed by atoms with Crippen molar-refractivity contribution in [3.63, 3.8) is 0 Å². The first-order valence-electron chi connectivity index (χ1n) is 8.47. The molecule has 0 aliphatic heterocycles. The Morgan fingerprint density at radius 3 is 2.12 bits per heavy atom. The minimum Gasteiger partial charge on any atom is -0.489 e. The van der Waals surface area contributed by atoms with Gasteiger partial charge in [-0.3, -0.25) is 4.57 Å². The Labute approximate surface area is 153 Å². The minimum absolute atomic E-state index is 0.0147. The lowest BCUT2D eigenvalue weighted by molar-refractivity contribution is 0.229. The summed E-state index contributed by atoms with van der Waals surface area (Å²) in [5.41, 5.74) is 1.88. The van der Waals surface area contributed by atoms with E-state index in [1.807, 2.05) is 54.6 Å². The summed E-state index contributed by atoms with van der Waals surface area (Å²) in [7, 11) is -3.59. The van der Waals surface area contributed by atoms with Crippen molar-refractivity contribution in [2.45, 2.75) is 26.9 Å². The highest BCUT2D eigenvalue weighted by Gasteiger charge is 2.32. The average molecular weight is 377 g/mol. The molecular weight excluding hydrogens is 353 g/mol. The molecule has 0 fully saturated rings. The molecule has 0 aliphatic rings. The van der Waals surface area contributed by atoms with E-state index in [2.05, 4.69) is 5.16 Å². The maximum absolute atomic E-state index is 12.7. The Bertz CT molecular complexity index is 736. The van der Waals surface area contributed by atoms with Crippen molar-refractivity contribution in [2.24, 2.45) is 5.16 Å². The van der Waals surface area contributed by atoms with Crippen LogP contribution in [0.25, 0.3) is 0 Å². The van der Waals surface area contributed by atoms with Gasteiger partial charge in [0.05, 0.1) is 13.2 Å². The second-order valence-corrected chi connectivity index (χ2v) is 7.47. The molecule has 6 nitrogen and oxygen atoms in total. The Kier molecular flexibility index (Phi) is 7.85. The molecule has 0 amide bonds. The van der Waals surface area contributed by atoms with Crippen molar-refractivity contribution in [3.8, 4) is 5.75 Å². The first-order chi connectivity index (χ1) is 12.6. The van der Waals surface area contributed by atoms with Crippen LogP contribution in [0, 0.1) is 0 Å². The molecule has 2 aromatic carbocycles. The number of nitrogens with zero attached hydrogens (tertiary/aromatic N) is 1.